The molecule has 6 nitrogen and oxygen atoms in total. The number of methoxy groups -OCH3 is 2. The van der Waals surface area contributed by atoms with Gasteiger partial charge in [-0.15, -0.1) is 0 Å². The average Bonchev–Trinajstić information content (AvgIpc) is 3.02. The van der Waals surface area contributed by atoms with Crippen molar-refractivity contribution in [1.82, 2.24) is 4.90 Å². The van der Waals surface area contributed by atoms with E-state index in [1.165, 1.54) is 0 Å². The molecule has 134 valence electrons. The molecule has 0 spiro atoms. The van der Waals surface area contributed by atoms with Gasteiger partial charge < -0.3 is 24.0 Å². The summed E-state index contributed by atoms with van der Waals surface area (Å²) in [5.41, 5.74) is 0.509. The fourth-order valence-corrected chi connectivity index (χ4v) is 2.82. The summed E-state index contributed by atoms with van der Waals surface area (Å²) in [5.74, 6) is 1.51. The number of carbonyl (C=O) groups is 1. The predicted molar refractivity (Wildman–Crippen MR) is 94.2 cm³/mol. The molecule has 0 N–H and O–H groups in total. The van der Waals surface area contributed by atoms with Gasteiger partial charge in [-0.1, -0.05) is 0 Å². The smallest absolute Gasteiger partial charge is 0.410 e. The molecule has 1 saturated heterocycles. The molecule has 0 saturated carbocycles. The van der Waals surface area contributed by atoms with Gasteiger partial charge in [0.05, 0.1) is 19.9 Å². The maximum Gasteiger partial charge on any atom is 0.410 e. The van der Waals surface area contributed by atoms with Crippen LogP contribution in [0.4, 0.5) is 10.5 Å². The van der Waals surface area contributed by atoms with E-state index in [2.05, 4.69) is 4.90 Å². The maximum absolute atomic E-state index is 12.2. The van der Waals surface area contributed by atoms with Gasteiger partial charge in [-0.2, -0.15) is 0 Å². The number of nitrogens with zero attached hydrogens (tertiary/aromatic N) is 2. The van der Waals surface area contributed by atoms with Crippen molar-refractivity contribution in [2.45, 2.75) is 38.8 Å². The highest BCUT2D eigenvalue weighted by Crippen LogP contribution is 2.34. The molecule has 1 atom stereocenters. The van der Waals surface area contributed by atoms with Crippen molar-refractivity contribution in [1.29, 1.82) is 0 Å². The summed E-state index contributed by atoms with van der Waals surface area (Å²) in [6.45, 7) is 6.98. The van der Waals surface area contributed by atoms with Gasteiger partial charge in [0.1, 0.15) is 17.1 Å². The number of likely N-dealkylation sites (N-methyl/N-ethyl adjacent to an activating group) is 1. The molecule has 24 heavy (non-hydrogen) atoms. The van der Waals surface area contributed by atoms with E-state index in [1.54, 1.807) is 19.1 Å². The highest BCUT2D eigenvalue weighted by atomic mass is 16.6. The zero-order valence-electron chi connectivity index (χ0n) is 15.5. The van der Waals surface area contributed by atoms with Crippen LogP contribution >= 0.6 is 0 Å². The summed E-state index contributed by atoms with van der Waals surface area (Å²) < 4.78 is 16.2. The van der Waals surface area contributed by atoms with E-state index >= 15 is 0 Å². The number of likely N-dealkylation sites (tertiary alicyclic amines) is 1. The van der Waals surface area contributed by atoms with Crippen molar-refractivity contribution in [3.8, 4) is 11.5 Å². The van der Waals surface area contributed by atoms with Crippen molar-refractivity contribution >= 4 is 11.8 Å². The topological polar surface area (TPSA) is 51.2 Å². The fourth-order valence-electron chi connectivity index (χ4n) is 2.82. The van der Waals surface area contributed by atoms with Crippen LogP contribution in [0.25, 0.3) is 0 Å². The van der Waals surface area contributed by atoms with E-state index in [-0.39, 0.29) is 12.1 Å². The van der Waals surface area contributed by atoms with E-state index in [1.807, 2.05) is 46.0 Å². The van der Waals surface area contributed by atoms with Crippen LogP contribution in [0, 0.1) is 0 Å². The zero-order valence-corrected chi connectivity index (χ0v) is 15.5. The van der Waals surface area contributed by atoms with Crippen LogP contribution in [0.15, 0.2) is 18.2 Å². The molecule has 1 aliphatic heterocycles. The summed E-state index contributed by atoms with van der Waals surface area (Å²) in [5, 5.41) is 0. The van der Waals surface area contributed by atoms with Gasteiger partial charge in [0.2, 0.25) is 0 Å². The lowest BCUT2D eigenvalue weighted by atomic mass is 10.2. The molecule has 1 aliphatic rings. The van der Waals surface area contributed by atoms with E-state index < -0.39 is 5.60 Å². The Hall–Kier alpha value is -2.11. The lowest BCUT2D eigenvalue weighted by molar-refractivity contribution is 0.0292. The van der Waals surface area contributed by atoms with Gasteiger partial charge in [0.15, 0.2) is 0 Å². The van der Waals surface area contributed by atoms with Gasteiger partial charge in [0, 0.05) is 32.2 Å². The Morgan fingerprint density at radius 2 is 1.96 bits per heavy atom. The second-order valence-corrected chi connectivity index (χ2v) is 7.02. The molecule has 0 radical (unpaired) electrons. The van der Waals surface area contributed by atoms with Gasteiger partial charge in [0.25, 0.3) is 0 Å². The summed E-state index contributed by atoms with van der Waals surface area (Å²) in [6, 6.07) is 5.98. The standard InChI is InChI=1S/C18H28N2O4/c1-18(2,3)24-17(21)20-10-9-13(12-20)19(4)15-8-7-14(22-5)11-16(15)23-6/h7-8,11,13H,9-10,12H2,1-6H3/t13-/m0/s1. The van der Waals surface area contributed by atoms with Crippen LogP contribution in [-0.4, -0.2) is 57.0 Å². The number of carbonyl (C=O) groups excluding carboxylic acids is 1. The number of amides is 1. The minimum absolute atomic E-state index is 0.222. The van der Waals surface area contributed by atoms with Crippen molar-refractivity contribution in [3.05, 3.63) is 18.2 Å². The molecule has 1 amide bonds. The Labute approximate surface area is 144 Å². The summed E-state index contributed by atoms with van der Waals surface area (Å²) in [4.78, 5) is 16.1. The molecule has 0 aliphatic carbocycles. The molecule has 1 aromatic rings. The second kappa shape index (κ2) is 7.20. The third-order valence-electron chi connectivity index (χ3n) is 4.13. The van der Waals surface area contributed by atoms with Gasteiger partial charge >= 0.3 is 6.09 Å². The molecule has 6 heteroatoms. The normalized spacial score (nSPS) is 17.6. The Balaban J connectivity index is 2.07. The van der Waals surface area contributed by atoms with Crippen LogP contribution < -0.4 is 14.4 Å². The number of ether oxygens (including phenoxy) is 3. The first-order valence-corrected chi connectivity index (χ1v) is 8.18. The van der Waals surface area contributed by atoms with Crippen LogP contribution in [-0.2, 0) is 4.74 Å². The summed E-state index contributed by atoms with van der Waals surface area (Å²) in [6.07, 6.45) is 0.644. The molecular weight excluding hydrogens is 308 g/mol. The van der Waals surface area contributed by atoms with Gasteiger partial charge in [-0.05, 0) is 39.3 Å². The number of hydrogen-bond acceptors (Lipinski definition) is 5. The summed E-state index contributed by atoms with van der Waals surface area (Å²) in [7, 11) is 5.30. The van der Waals surface area contributed by atoms with Gasteiger partial charge in [-0.25, -0.2) is 4.79 Å². The van der Waals surface area contributed by atoms with E-state index in [9.17, 15) is 4.79 Å². The Morgan fingerprint density at radius 1 is 1.25 bits per heavy atom. The van der Waals surface area contributed by atoms with E-state index in [0.29, 0.717) is 13.1 Å². The minimum Gasteiger partial charge on any atom is -0.497 e. The fraction of sp³-hybridized carbons (Fsp3) is 0.611. The number of benzene rings is 1. The van der Waals surface area contributed by atoms with Crippen LogP contribution in [0.1, 0.15) is 27.2 Å². The quantitative estimate of drug-likeness (QED) is 0.845. The zero-order chi connectivity index (χ0) is 17.9. The maximum atomic E-state index is 12.2. The van der Waals surface area contributed by atoms with Crippen molar-refractivity contribution in [2.75, 3.05) is 39.3 Å². The largest absolute Gasteiger partial charge is 0.497 e. The third-order valence-corrected chi connectivity index (χ3v) is 4.13. The Kier molecular flexibility index (Phi) is 5.47. The number of rotatable bonds is 4. The molecule has 0 unspecified atom stereocenters. The molecule has 1 fully saturated rings. The first kappa shape index (κ1) is 18.2. The number of anilines is 1. The second-order valence-electron chi connectivity index (χ2n) is 7.02. The minimum atomic E-state index is -0.472. The molecule has 1 aromatic carbocycles. The lowest BCUT2D eigenvalue weighted by Crippen LogP contribution is -2.39. The van der Waals surface area contributed by atoms with E-state index in [0.717, 1.165) is 23.6 Å². The highest BCUT2D eigenvalue weighted by molar-refractivity contribution is 5.69. The average molecular weight is 336 g/mol. The lowest BCUT2D eigenvalue weighted by Gasteiger charge is -2.29. The molecule has 0 aromatic heterocycles. The monoisotopic (exact) mass is 336 g/mol. The Bertz CT molecular complexity index is 583. The SMILES string of the molecule is COc1ccc(N(C)[C@H]2CCN(C(=O)OC(C)(C)C)C2)c(OC)c1. The van der Waals surface area contributed by atoms with Crippen molar-refractivity contribution < 1.29 is 19.0 Å². The van der Waals surface area contributed by atoms with Crippen LogP contribution in [0.3, 0.4) is 0 Å². The molecule has 1 heterocycles. The highest BCUT2D eigenvalue weighted by Gasteiger charge is 2.32. The van der Waals surface area contributed by atoms with E-state index in [4.69, 9.17) is 14.2 Å². The Morgan fingerprint density at radius 3 is 2.54 bits per heavy atom. The van der Waals surface area contributed by atoms with Crippen LogP contribution in [0.2, 0.25) is 0 Å². The predicted octanol–water partition coefficient (Wildman–Crippen LogP) is 3.15. The molecule has 2 rings (SSSR count). The number of hydrogen-bond donors (Lipinski definition) is 0. The van der Waals surface area contributed by atoms with Gasteiger partial charge in [-0.3, -0.25) is 0 Å². The first-order valence-electron chi connectivity index (χ1n) is 8.18. The molecule has 0 bridgehead atoms. The molecular formula is C18H28N2O4. The van der Waals surface area contributed by atoms with Crippen molar-refractivity contribution in [2.24, 2.45) is 0 Å². The summed E-state index contributed by atoms with van der Waals surface area (Å²) >= 11 is 0. The third kappa shape index (κ3) is 4.24. The van der Waals surface area contributed by atoms with Crippen LogP contribution in [0.5, 0.6) is 11.5 Å². The van der Waals surface area contributed by atoms with Crippen molar-refractivity contribution in [3.63, 3.8) is 0 Å². The first-order chi connectivity index (χ1) is 11.2.